The van der Waals surface area contributed by atoms with Gasteiger partial charge < -0.3 is 15.3 Å². The van der Waals surface area contributed by atoms with Gasteiger partial charge in [-0.3, -0.25) is 4.79 Å². The molecule has 1 saturated heterocycles. The molecule has 19 heavy (non-hydrogen) atoms. The highest BCUT2D eigenvalue weighted by Crippen LogP contribution is 2.21. The van der Waals surface area contributed by atoms with Crippen molar-refractivity contribution in [2.75, 3.05) is 31.6 Å². The number of aliphatic hydroxyl groups is 1. The van der Waals surface area contributed by atoms with E-state index in [0.29, 0.717) is 11.5 Å². The van der Waals surface area contributed by atoms with Crippen molar-refractivity contribution in [1.82, 2.24) is 9.88 Å². The van der Waals surface area contributed by atoms with E-state index in [9.17, 15) is 4.79 Å². The Hall–Kier alpha value is -1.62. The number of carbonyl (C=O) groups is 1. The first kappa shape index (κ1) is 13.8. The van der Waals surface area contributed by atoms with Crippen LogP contribution in [0.4, 0.5) is 5.82 Å². The number of hydrogen-bond donors (Lipinski definition) is 2. The van der Waals surface area contributed by atoms with Crippen molar-refractivity contribution in [3.8, 4) is 0 Å². The van der Waals surface area contributed by atoms with E-state index in [1.807, 2.05) is 11.8 Å². The van der Waals surface area contributed by atoms with E-state index in [4.69, 9.17) is 5.11 Å². The van der Waals surface area contributed by atoms with Crippen LogP contribution in [0.15, 0.2) is 18.3 Å². The third-order valence-corrected chi connectivity index (χ3v) is 3.48. The molecule has 0 saturated carbocycles. The van der Waals surface area contributed by atoms with Gasteiger partial charge in [0.15, 0.2) is 0 Å². The number of nitrogens with one attached hydrogen (secondary N) is 1. The predicted molar refractivity (Wildman–Crippen MR) is 74.1 cm³/mol. The summed E-state index contributed by atoms with van der Waals surface area (Å²) in [5.74, 6) is 1.23. The quantitative estimate of drug-likeness (QED) is 0.842. The van der Waals surface area contributed by atoms with Crippen LogP contribution in [0.3, 0.4) is 0 Å². The van der Waals surface area contributed by atoms with Gasteiger partial charge in [0, 0.05) is 38.0 Å². The van der Waals surface area contributed by atoms with Gasteiger partial charge in [0.1, 0.15) is 5.82 Å². The van der Waals surface area contributed by atoms with Crippen molar-refractivity contribution in [3.63, 3.8) is 0 Å². The molecule has 2 N–H and O–H groups in total. The first-order valence-corrected chi connectivity index (χ1v) is 6.84. The molecular formula is C14H21N3O2. The van der Waals surface area contributed by atoms with E-state index in [0.717, 1.165) is 38.3 Å². The van der Waals surface area contributed by atoms with Gasteiger partial charge in [-0.1, -0.05) is 0 Å². The van der Waals surface area contributed by atoms with Gasteiger partial charge in [-0.05, 0) is 37.8 Å². The maximum absolute atomic E-state index is 12.4. The van der Waals surface area contributed by atoms with Crippen LogP contribution in [-0.4, -0.2) is 47.1 Å². The van der Waals surface area contributed by atoms with Crippen LogP contribution in [0.25, 0.3) is 0 Å². The number of hydrogen-bond acceptors (Lipinski definition) is 4. The predicted octanol–water partition coefficient (Wildman–Crippen LogP) is 1.36. The Bertz CT molecular complexity index is 436. The number of pyridine rings is 1. The summed E-state index contributed by atoms with van der Waals surface area (Å²) in [6, 6.07) is 3.55. The number of carbonyl (C=O) groups excluding carboxylic acids is 1. The second-order valence-corrected chi connectivity index (χ2v) is 4.88. The number of aliphatic hydroxyl groups excluding tert-OH is 1. The molecule has 1 unspecified atom stereocenters. The fraction of sp³-hybridized carbons (Fsp3) is 0.571. The van der Waals surface area contributed by atoms with Crippen LogP contribution in [0.2, 0.25) is 0 Å². The summed E-state index contributed by atoms with van der Waals surface area (Å²) in [4.78, 5) is 18.4. The zero-order valence-electron chi connectivity index (χ0n) is 11.3. The van der Waals surface area contributed by atoms with Crippen LogP contribution in [0, 0.1) is 5.92 Å². The van der Waals surface area contributed by atoms with Gasteiger partial charge in [-0.2, -0.15) is 0 Å². The Labute approximate surface area is 113 Å². The number of likely N-dealkylation sites (tertiary alicyclic amines) is 1. The van der Waals surface area contributed by atoms with E-state index in [1.165, 1.54) is 0 Å². The SMILES string of the molecule is CCNc1cc(C(=O)N2CCC(CCO)C2)ccn1. The molecule has 1 aliphatic heterocycles. The fourth-order valence-corrected chi connectivity index (χ4v) is 2.46. The lowest BCUT2D eigenvalue weighted by atomic mass is 10.1. The lowest BCUT2D eigenvalue weighted by Crippen LogP contribution is -2.28. The summed E-state index contributed by atoms with van der Waals surface area (Å²) in [5, 5.41) is 12.1. The van der Waals surface area contributed by atoms with Gasteiger partial charge in [0.05, 0.1) is 0 Å². The van der Waals surface area contributed by atoms with Crippen molar-refractivity contribution < 1.29 is 9.90 Å². The average molecular weight is 263 g/mol. The first-order valence-electron chi connectivity index (χ1n) is 6.84. The molecule has 2 heterocycles. The topological polar surface area (TPSA) is 65.5 Å². The van der Waals surface area contributed by atoms with Gasteiger partial charge in [0.2, 0.25) is 0 Å². The number of rotatable bonds is 5. The molecule has 1 aromatic rings. The standard InChI is InChI=1S/C14H21N3O2/c1-2-15-13-9-12(3-6-16-13)14(19)17-7-4-11(10-17)5-8-18/h3,6,9,11,18H,2,4-5,7-8,10H2,1H3,(H,15,16). The lowest BCUT2D eigenvalue weighted by Gasteiger charge is -2.16. The summed E-state index contributed by atoms with van der Waals surface area (Å²) in [6.45, 7) is 4.51. The summed E-state index contributed by atoms with van der Waals surface area (Å²) in [7, 11) is 0. The number of anilines is 1. The average Bonchev–Trinajstić information content (AvgIpc) is 2.88. The van der Waals surface area contributed by atoms with Crippen molar-refractivity contribution in [3.05, 3.63) is 23.9 Å². The molecule has 5 nitrogen and oxygen atoms in total. The van der Waals surface area contributed by atoms with E-state index in [2.05, 4.69) is 10.3 Å². The van der Waals surface area contributed by atoms with Crippen LogP contribution in [-0.2, 0) is 0 Å². The third kappa shape index (κ3) is 3.44. The minimum atomic E-state index is 0.0574. The normalized spacial score (nSPS) is 18.6. The molecule has 0 aromatic carbocycles. The molecule has 0 radical (unpaired) electrons. The highest BCUT2D eigenvalue weighted by atomic mass is 16.3. The second kappa shape index (κ2) is 6.52. The molecule has 0 bridgehead atoms. The summed E-state index contributed by atoms with van der Waals surface area (Å²) in [5.41, 5.74) is 0.676. The molecule has 1 amide bonds. The first-order chi connectivity index (χ1) is 9.24. The fourth-order valence-electron chi connectivity index (χ4n) is 2.46. The lowest BCUT2D eigenvalue weighted by molar-refractivity contribution is 0.0784. The zero-order chi connectivity index (χ0) is 13.7. The molecule has 0 aliphatic carbocycles. The maximum atomic E-state index is 12.4. The van der Waals surface area contributed by atoms with E-state index >= 15 is 0 Å². The Morgan fingerprint density at radius 2 is 2.47 bits per heavy atom. The van der Waals surface area contributed by atoms with Crippen LogP contribution in [0.1, 0.15) is 30.1 Å². The highest BCUT2D eigenvalue weighted by molar-refractivity contribution is 5.95. The third-order valence-electron chi connectivity index (χ3n) is 3.48. The molecule has 0 spiro atoms. The molecule has 1 atom stereocenters. The molecular weight excluding hydrogens is 242 g/mol. The van der Waals surface area contributed by atoms with Gasteiger partial charge in [0.25, 0.3) is 5.91 Å². The Kier molecular flexibility index (Phi) is 4.74. The number of nitrogens with zero attached hydrogens (tertiary/aromatic N) is 2. The second-order valence-electron chi connectivity index (χ2n) is 4.88. The number of amides is 1. The monoisotopic (exact) mass is 263 g/mol. The zero-order valence-corrected chi connectivity index (χ0v) is 11.3. The van der Waals surface area contributed by atoms with Gasteiger partial charge in [-0.25, -0.2) is 4.98 Å². The van der Waals surface area contributed by atoms with Gasteiger partial charge >= 0.3 is 0 Å². The van der Waals surface area contributed by atoms with Crippen LogP contribution >= 0.6 is 0 Å². The van der Waals surface area contributed by atoms with Crippen molar-refractivity contribution in [2.24, 2.45) is 5.92 Å². The van der Waals surface area contributed by atoms with Gasteiger partial charge in [-0.15, -0.1) is 0 Å². The van der Waals surface area contributed by atoms with Crippen LogP contribution < -0.4 is 5.32 Å². The smallest absolute Gasteiger partial charge is 0.254 e. The van der Waals surface area contributed by atoms with E-state index in [1.54, 1.807) is 18.3 Å². The largest absolute Gasteiger partial charge is 0.396 e. The van der Waals surface area contributed by atoms with E-state index < -0.39 is 0 Å². The number of aromatic nitrogens is 1. The maximum Gasteiger partial charge on any atom is 0.254 e. The van der Waals surface area contributed by atoms with Crippen LogP contribution in [0.5, 0.6) is 0 Å². The molecule has 1 fully saturated rings. The van der Waals surface area contributed by atoms with Crippen molar-refractivity contribution in [2.45, 2.75) is 19.8 Å². The Balaban J connectivity index is 2.01. The Morgan fingerprint density at radius 3 is 3.21 bits per heavy atom. The molecule has 2 rings (SSSR count). The highest BCUT2D eigenvalue weighted by Gasteiger charge is 2.26. The minimum absolute atomic E-state index is 0.0574. The summed E-state index contributed by atoms with van der Waals surface area (Å²) in [6.07, 6.45) is 3.42. The molecule has 1 aromatic heterocycles. The molecule has 5 heteroatoms. The molecule has 104 valence electrons. The molecule has 1 aliphatic rings. The van der Waals surface area contributed by atoms with Crippen molar-refractivity contribution in [1.29, 1.82) is 0 Å². The summed E-state index contributed by atoms with van der Waals surface area (Å²) < 4.78 is 0. The van der Waals surface area contributed by atoms with Crippen molar-refractivity contribution >= 4 is 11.7 Å². The minimum Gasteiger partial charge on any atom is -0.396 e. The Morgan fingerprint density at radius 1 is 1.63 bits per heavy atom. The van der Waals surface area contributed by atoms with E-state index in [-0.39, 0.29) is 12.5 Å². The summed E-state index contributed by atoms with van der Waals surface area (Å²) >= 11 is 0.